The molecule has 3 atom stereocenters. The maximum atomic E-state index is 11.9. The van der Waals surface area contributed by atoms with Crippen LogP contribution >= 0.6 is 0 Å². The second kappa shape index (κ2) is 6.72. The number of carbonyl (C=O) groups is 2. The number of carbonyl (C=O) groups excluding carboxylic acids is 2. The number of aliphatic hydroxyl groups is 1. The van der Waals surface area contributed by atoms with E-state index in [1.54, 1.807) is 7.11 Å². The molecule has 1 aromatic rings. The molecule has 1 amide bonds. The van der Waals surface area contributed by atoms with Crippen LogP contribution in [0.25, 0.3) is 0 Å². The molecule has 1 saturated carbocycles. The number of ketones is 1. The summed E-state index contributed by atoms with van der Waals surface area (Å²) in [5.74, 6) is 0.374. The zero-order valence-corrected chi connectivity index (χ0v) is 12.3. The zero-order chi connectivity index (χ0) is 15.4. The fourth-order valence-electron chi connectivity index (χ4n) is 3.01. The standard InChI is InChI=1S/C16H21NO4/c1-10(19)17-16-12(9-18)7-13(20)8-15(16)11-3-5-14(21-2)6-4-11/h3-6,12,15-16,18H,7-9H2,1-2H3,(H,17,19)/t12-,15-,16+/m0/s1. The second-order valence-electron chi connectivity index (χ2n) is 5.50. The monoisotopic (exact) mass is 291 g/mol. The van der Waals surface area contributed by atoms with Crippen LogP contribution < -0.4 is 10.1 Å². The Labute approximate surface area is 124 Å². The molecule has 1 fully saturated rings. The van der Waals surface area contributed by atoms with Crippen LogP contribution in [0.2, 0.25) is 0 Å². The molecule has 0 bridgehead atoms. The van der Waals surface area contributed by atoms with E-state index < -0.39 is 0 Å². The summed E-state index contributed by atoms with van der Waals surface area (Å²) < 4.78 is 5.13. The number of amides is 1. The maximum absolute atomic E-state index is 11.9. The summed E-state index contributed by atoms with van der Waals surface area (Å²) in [4.78, 5) is 23.4. The SMILES string of the molecule is COc1ccc([C@@H]2CC(=O)C[C@@H](CO)[C@H]2NC(C)=O)cc1. The Morgan fingerprint density at radius 1 is 1.33 bits per heavy atom. The van der Waals surface area contributed by atoms with Crippen LogP contribution in [0.1, 0.15) is 31.2 Å². The van der Waals surface area contributed by atoms with Crippen LogP contribution in [-0.2, 0) is 9.59 Å². The third kappa shape index (κ3) is 3.61. The minimum Gasteiger partial charge on any atom is -0.497 e. The smallest absolute Gasteiger partial charge is 0.217 e. The average molecular weight is 291 g/mol. The van der Waals surface area contributed by atoms with Crippen LogP contribution in [-0.4, -0.2) is 36.6 Å². The molecule has 0 aromatic heterocycles. The van der Waals surface area contributed by atoms with E-state index >= 15 is 0 Å². The Hall–Kier alpha value is -1.88. The Bertz CT molecular complexity index is 512. The van der Waals surface area contributed by atoms with E-state index in [9.17, 15) is 14.7 Å². The lowest BCUT2D eigenvalue weighted by Crippen LogP contribution is -2.49. The van der Waals surface area contributed by atoms with Crippen molar-refractivity contribution in [2.24, 2.45) is 5.92 Å². The number of hydrogen-bond acceptors (Lipinski definition) is 4. The van der Waals surface area contributed by atoms with Gasteiger partial charge in [0.15, 0.2) is 0 Å². The van der Waals surface area contributed by atoms with Crippen molar-refractivity contribution < 1.29 is 19.4 Å². The van der Waals surface area contributed by atoms with Gasteiger partial charge in [-0.15, -0.1) is 0 Å². The van der Waals surface area contributed by atoms with E-state index in [1.165, 1.54) is 6.92 Å². The number of benzene rings is 1. The lowest BCUT2D eigenvalue weighted by atomic mass is 9.73. The van der Waals surface area contributed by atoms with Crippen molar-refractivity contribution in [1.82, 2.24) is 5.32 Å². The average Bonchev–Trinajstić information content (AvgIpc) is 2.48. The van der Waals surface area contributed by atoms with Gasteiger partial charge in [-0.2, -0.15) is 0 Å². The van der Waals surface area contributed by atoms with Gasteiger partial charge in [-0.05, 0) is 17.7 Å². The summed E-state index contributed by atoms with van der Waals surface area (Å²) in [6.45, 7) is 1.35. The summed E-state index contributed by atoms with van der Waals surface area (Å²) in [5.41, 5.74) is 0.973. The molecule has 0 spiro atoms. The number of nitrogens with one attached hydrogen (secondary N) is 1. The van der Waals surface area contributed by atoms with Gasteiger partial charge < -0.3 is 15.2 Å². The van der Waals surface area contributed by atoms with Crippen LogP contribution in [0, 0.1) is 5.92 Å². The maximum Gasteiger partial charge on any atom is 0.217 e. The first-order valence-electron chi connectivity index (χ1n) is 7.08. The predicted octanol–water partition coefficient (Wildman–Crippen LogP) is 1.25. The van der Waals surface area contributed by atoms with Crippen LogP contribution in [0.15, 0.2) is 24.3 Å². The molecule has 0 aliphatic heterocycles. The molecule has 1 aromatic carbocycles. The first kappa shape index (κ1) is 15.5. The van der Waals surface area contributed by atoms with Gasteiger partial charge in [0.1, 0.15) is 11.5 Å². The van der Waals surface area contributed by atoms with Gasteiger partial charge in [-0.1, -0.05) is 12.1 Å². The normalized spacial score (nSPS) is 25.5. The minimum atomic E-state index is -0.234. The van der Waals surface area contributed by atoms with E-state index in [2.05, 4.69) is 5.32 Å². The van der Waals surface area contributed by atoms with E-state index in [1.807, 2.05) is 24.3 Å². The molecular weight excluding hydrogens is 270 g/mol. The fraction of sp³-hybridized carbons (Fsp3) is 0.500. The van der Waals surface area contributed by atoms with E-state index in [4.69, 9.17) is 4.74 Å². The van der Waals surface area contributed by atoms with Crippen LogP contribution in [0.5, 0.6) is 5.75 Å². The first-order chi connectivity index (χ1) is 10.0. The Morgan fingerprint density at radius 2 is 2.00 bits per heavy atom. The van der Waals surface area contributed by atoms with Crippen LogP contribution in [0.4, 0.5) is 0 Å². The van der Waals surface area contributed by atoms with Crippen molar-refractivity contribution in [2.75, 3.05) is 13.7 Å². The number of methoxy groups -OCH3 is 1. The number of Topliss-reactive ketones (excluding diaryl/α,β-unsaturated/α-hetero) is 1. The van der Waals surface area contributed by atoms with Gasteiger partial charge in [0.05, 0.1) is 7.11 Å². The third-order valence-corrected chi connectivity index (χ3v) is 4.03. The highest BCUT2D eigenvalue weighted by atomic mass is 16.5. The number of aliphatic hydroxyl groups excluding tert-OH is 1. The highest BCUT2D eigenvalue weighted by molar-refractivity contribution is 5.82. The van der Waals surface area contributed by atoms with Crippen molar-refractivity contribution in [2.45, 2.75) is 31.7 Å². The topological polar surface area (TPSA) is 75.6 Å². The van der Waals surface area contributed by atoms with Gasteiger partial charge in [-0.3, -0.25) is 9.59 Å². The third-order valence-electron chi connectivity index (χ3n) is 4.03. The minimum absolute atomic E-state index is 0.108. The van der Waals surface area contributed by atoms with E-state index in [0.717, 1.165) is 11.3 Å². The molecule has 2 N–H and O–H groups in total. The van der Waals surface area contributed by atoms with Gasteiger partial charge >= 0.3 is 0 Å². The van der Waals surface area contributed by atoms with Gasteiger partial charge in [0.25, 0.3) is 0 Å². The number of rotatable bonds is 4. The molecule has 0 heterocycles. The lowest BCUT2D eigenvalue weighted by molar-refractivity contribution is -0.126. The van der Waals surface area contributed by atoms with E-state index in [0.29, 0.717) is 12.8 Å². The highest BCUT2D eigenvalue weighted by Crippen LogP contribution is 2.35. The molecule has 0 unspecified atom stereocenters. The second-order valence-corrected chi connectivity index (χ2v) is 5.50. The molecule has 5 nitrogen and oxygen atoms in total. The van der Waals surface area contributed by atoms with Gasteiger partial charge in [0.2, 0.25) is 5.91 Å². The molecule has 1 aliphatic carbocycles. The summed E-state index contributed by atoms with van der Waals surface area (Å²) >= 11 is 0. The lowest BCUT2D eigenvalue weighted by Gasteiger charge is -2.37. The van der Waals surface area contributed by atoms with Crippen molar-refractivity contribution in [3.63, 3.8) is 0 Å². The first-order valence-corrected chi connectivity index (χ1v) is 7.08. The summed E-state index contributed by atoms with van der Waals surface area (Å²) in [6, 6.07) is 7.27. The molecule has 0 saturated heterocycles. The zero-order valence-electron chi connectivity index (χ0n) is 12.3. The van der Waals surface area contributed by atoms with Crippen molar-refractivity contribution >= 4 is 11.7 Å². The molecule has 5 heteroatoms. The van der Waals surface area contributed by atoms with Crippen molar-refractivity contribution in [3.8, 4) is 5.75 Å². The molecular formula is C16H21NO4. The van der Waals surface area contributed by atoms with Crippen LogP contribution in [0.3, 0.4) is 0 Å². The summed E-state index contributed by atoms with van der Waals surface area (Å²) in [7, 11) is 1.60. The Balaban J connectivity index is 2.29. The largest absolute Gasteiger partial charge is 0.497 e. The molecule has 1 aliphatic rings. The van der Waals surface area contributed by atoms with Gasteiger partial charge in [-0.25, -0.2) is 0 Å². The Kier molecular flexibility index (Phi) is 4.96. The number of hydrogen-bond donors (Lipinski definition) is 2. The molecule has 2 rings (SSSR count). The number of ether oxygens (including phenoxy) is 1. The van der Waals surface area contributed by atoms with Gasteiger partial charge in [0, 0.05) is 44.2 Å². The van der Waals surface area contributed by atoms with Crippen molar-refractivity contribution in [3.05, 3.63) is 29.8 Å². The Morgan fingerprint density at radius 3 is 2.52 bits per heavy atom. The molecule has 0 radical (unpaired) electrons. The molecule has 21 heavy (non-hydrogen) atoms. The summed E-state index contributed by atoms with van der Waals surface area (Å²) in [5, 5.41) is 12.4. The van der Waals surface area contributed by atoms with E-state index in [-0.39, 0.29) is 36.2 Å². The molecule has 114 valence electrons. The van der Waals surface area contributed by atoms with Crippen molar-refractivity contribution in [1.29, 1.82) is 0 Å². The summed E-state index contributed by atoms with van der Waals surface area (Å²) in [6.07, 6.45) is 0.696. The quantitative estimate of drug-likeness (QED) is 0.875. The predicted molar refractivity (Wildman–Crippen MR) is 78.2 cm³/mol. The highest BCUT2D eigenvalue weighted by Gasteiger charge is 2.38. The fourth-order valence-corrected chi connectivity index (χ4v) is 3.01.